The van der Waals surface area contributed by atoms with E-state index < -0.39 is 5.60 Å². The summed E-state index contributed by atoms with van der Waals surface area (Å²) < 4.78 is 5.48. The van der Waals surface area contributed by atoms with Crippen molar-refractivity contribution in [3.05, 3.63) is 28.8 Å². The number of hydrogen-bond donors (Lipinski definition) is 0. The van der Waals surface area contributed by atoms with Crippen LogP contribution >= 0.6 is 11.6 Å². The smallest absolute Gasteiger partial charge is 0.410 e. The second-order valence-corrected chi connectivity index (χ2v) is 8.65. The fraction of sp³-hybridized carbons (Fsp3) is 0.650. The molecule has 144 valence electrons. The molecule has 26 heavy (non-hydrogen) atoms. The molecule has 2 fully saturated rings. The van der Waals surface area contributed by atoms with Crippen molar-refractivity contribution in [2.75, 3.05) is 44.2 Å². The predicted molar refractivity (Wildman–Crippen MR) is 106 cm³/mol. The van der Waals surface area contributed by atoms with Crippen molar-refractivity contribution in [1.82, 2.24) is 9.80 Å². The van der Waals surface area contributed by atoms with Gasteiger partial charge in [-0.1, -0.05) is 17.7 Å². The fourth-order valence-electron chi connectivity index (χ4n) is 3.58. The van der Waals surface area contributed by atoms with Crippen LogP contribution in [0.3, 0.4) is 0 Å². The third-order valence-corrected chi connectivity index (χ3v) is 5.15. The minimum atomic E-state index is -0.442. The molecule has 2 heterocycles. The average Bonchev–Trinajstić information content (AvgIpc) is 3.10. The van der Waals surface area contributed by atoms with E-state index in [-0.39, 0.29) is 6.09 Å². The topological polar surface area (TPSA) is 36.0 Å². The van der Waals surface area contributed by atoms with Crippen LogP contribution in [0.4, 0.5) is 10.5 Å². The molecule has 1 amide bonds. The first kappa shape index (κ1) is 19.3. The van der Waals surface area contributed by atoms with Gasteiger partial charge in [-0.05, 0) is 51.3 Å². The molecule has 0 N–H and O–H groups in total. The number of anilines is 1. The summed E-state index contributed by atoms with van der Waals surface area (Å²) in [5, 5.41) is 0.797. The number of ether oxygens (including phenoxy) is 1. The Bertz CT molecular complexity index is 630. The monoisotopic (exact) mass is 379 g/mol. The van der Waals surface area contributed by atoms with Crippen LogP contribution in [0, 0.1) is 0 Å². The first-order valence-electron chi connectivity index (χ1n) is 9.55. The van der Waals surface area contributed by atoms with E-state index in [0.717, 1.165) is 37.7 Å². The fourth-order valence-corrected chi connectivity index (χ4v) is 3.75. The van der Waals surface area contributed by atoms with Gasteiger partial charge in [-0.2, -0.15) is 0 Å². The van der Waals surface area contributed by atoms with Gasteiger partial charge in [0.1, 0.15) is 5.60 Å². The van der Waals surface area contributed by atoms with E-state index >= 15 is 0 Å². The SMILES string of the molecule is CC(C)(C)OC(=O)N1CCN(Cc2ccc(Cl)cc2N2CCCC2)CC1. The molecule has 0 bridgehead atoms. The molecule has 2 saturated heterocycles. The van der Waals surface area contributed by atoms with Crippen molar-refractivity contribution >= 4 is 23.4 Å². The zero-order valence-corrected chi connectivity index (χ0v) is 16.9. The lowest BCUT2D eigenvalue weighted by atomic mass is 10.1. The summed E-state index contributed by atoms with van der Waals surface area (Å²) in [5.74, 6) is 0. The molecule has 0 saturated carbocycles. The maximum absolute atomic E-state index is 12.2. The van der Waals surface area contributed by atoms with E-state index in [1.165, 1.54) is 24.1 Å². The summed E-state index contributed by atoms with van der Waals surface area (Å²) in [6.45, 7) is 12.0. The van der Waals surface area contributed by atoms with Crippen LogP contribution in [0.2, 0.25) is 5.02 Å². The number of piperazine rings is 1. The molecule has 0 aromatic heterocycles. The Labute approximate surface area is 161 Å². The molecule has 0 spiro atoms. The van der Waals surface area contributed by atoms with Crippen LogP contribution < -0.4 is 4.90 Å². The maximum Gasteiger partial charge on any atom is 0.410 e. The minimum Gasteiger partial charge on any atom is -0.444 e. The highest BCUT2D eigenvalue weighted by Gasteiger charge is 2.26. The second kappa shape index (κ2) is 8.05. The molecule has 0 radical (unpaired) electrons. The van der Waals surface area contributed by atoms with Crippen molar-refractivity contribution in [3.8, 4) is 0 Å². The Morgan fingerprint density at radius 1 is 1.08 bits per heavy atom. The molecular formula is C20H30ClN3O2. The highest BCUT2D eigenvalue weighted by Crippen LogP contribution is 2.29. The zero-order chi connectivity index (χ0) is 18.7. The molecule has 2 aliphatic heterocycles. The Morgan fingerprint density at radius 2 is 1.73 bits per heavy atom. The highest BCUT2D eigenvalue weighted by atomic mass is 35.5. The van der Waals surface area contributed by atoms with Crippen LogP contribution in [0.25, 0.3) is 0 Å². The summed E-state index contributed by atoms with van der Waals surface area (Å²) in [6, 6.07) is 6.22. The van der Waals surface area contributed by atoms with Crippen molar-refractivity contribution in [1.29, 1.82) is 0 Å². The second-order valence-electron chi connectivity index (χ2n) is 8.21. The van der Waals surface area contributed by atoms with Gasteiger partial charge in [-0.15, -0.1) is 0 Å². The molecule has 6 heteroatoms. The van der Waals surface area contributed by atoms with Gasteiger partial charge >= 0.3 is 6.09 Å². The van der Waals surface area contributed by atoms with Crippen molar-refractivity contribution in [2.24, 2.45) is 0 Å². The Kier molecular flexibility index (Phi) is 5.98. The van der Waals surface area contributed by atoms with Gasteiger partial charge in [-0.3, -0.25) is 4.90 Å². The summed E-state index contributed by atoms with van der Waals surface area (Å²) in [6.07, 6.45) is 2.29. The molecule has 0 atom stereocenters. The van der Waals surface area contributed by atoms with E-state index in [0.29, 0.717) is 13.1 Å². The third-order valence-electron chi connectivity index (χ3n) is 4.91. The number of amides is 1. The van der Waals surface area contributed by atoms with Gasteiger partial charge in [0.15, 0.2) is 0 Å². The van der Waals surface area contributed by atoms with E-state index in [9.17, 15) is 4.79 Å². The van der Waals surface area contributed by atoms with Gasteiger partial charge in [0, 0.05) is 56.5 Å². The predicted octanol–water partition coefficient (Wildman–Crippen LogP) is 3.99. The minimum absolute atomic E-state index is 0.207. The lowest BCUT2D eigenvalue weighted by Crippen LogP contribution is -2.49. The van der Waals surface area contributed by atoms with Gasteiger partial charge in [-0.25, -0.2) is 4.79 Å². The van der Waals surface area contributed by atoms with Gasteiger partial charge in [0.05, 0.1) is 0 Å². The molecule has 1 aromatic rings. The van der Waals surface area contributed by atoms with Crippen molar-refractivity contribution in [2.45, 2.75) is 45.8 Å². The van der Waals surface area contributed by atoms with Crippen LogP contribution in [0.1, 0.15) is 39.2 Å². The number of carbonyl (C=O) groups excluding carboxylic acids is 1. The summed E-state index contributed by atoms with van der Waals surface area (Å²) >= 11 is 6.25. The molecule has 0 aliphatic carbocycles. The van der Waals surface area contributed by atoms with Crippen LogP contribution in [-0.2, 0) is 11.3 Å². The maximum atomic E-state index is 12.2. The molecule has 0 unspecified atom stereocenters. The Balaban J connectivity index is 1.59. The highest BCUT2D eigenvalue weighted by molar-refractivity contribution is 6.30. The van der Waals surface area contributed by atoms with Crippen LogP contribution in [-0.4, -0.2) is 60.8 Å². The number of nitrogens with zero attached hydrogens (tertiary/aromatic N) is 3. The van der Waals surface area contributed by atoms with E-state index in [1.54, 1.807) is 0 Å². The first-order chi connectivity index (χ1) is 12.3. The van der Waals surface area contributed by atoms with Gasteiger partial charge < -0.3 is 14.5 Å². The Hall–Kier alpha value is -1.46. The molecule has 2 aliphatic rings. The Morgan fingerprint density at radius 3 is 2.35 bits per heavy atom. The number of benzene rings is 1. The number of rotatable bonds is 3. The zero-order valence-electron chi connectivity index (χ0n) is 16.1. The lowest BCUT2D eigenvalue weighted by molar-refractivity contribution is 0.0139. The quantitative estimate of drug-likeness (QED) is 0.795. The van der Waals surface area contributed by atoms with E-state index in [2.05, 4.69) is 21.9 Å². The molecule has 5 nitrogen and oxygen atoms in total. The third kappa shape index (κ3) is 5.04. The molecule has 1 aromatic carbocycles. The summed E-state index contributed by atoms with van der Waals surface area (Å²) in [4.78, 5) is 18.9. The van der Waals surface area contributed by atoms with E-state index in [4.69, 9.17) is 16.3 Å². The normalized spacial score (nSPS) is 19.1. The van der Waals surface area contributed by atoms with Gasteiger partial charge in [0.2, 0.25) is 0 Å². The number of hydrogen-bond acceptors (Lipinski definition) is 4. The number of carbonyl (C=O) groups is 1. The molecular weight excluding hydrogens is 350 g/mol. The molecule has 3 rings (SSSR count). The van der Waals surface area contributed by atoms with Crippen molar-refractivity contribution in [3.63, 3.8) is 0 Å². The van der Waals surface area contributed by atoms with Crippen molar-refractivity contribution < 1.29 is 9.53 Å². The lowest BCUT2D eigenvalue weighted by Gasteiger charge is -2.36. The summed E-state index contributed by atoms with van der Waals surface area (Å²) in [7, 11) is 0. The van der Waals surface area contributed by atoms with E-state index in [1.807, 2.05) is 31.7 Å². The largest absolute Gasteiger partial charge is 0.444 e. The first-order valence-corrected chi connectivity index (χ1v) is 9.93. The average molecular weight is 380 g/mol. The number of halogens is 1. The standard InChI is InChI=1S/C20H30ClN3O2/c1-20(2,3)26-19(25)24-12-10-22(11-13-24)15-16-6-7-17(21)14-18(16)23-8-4-5-9-23/h6-7,14H,4-5,8-13,15H2,1-3H3. The van der Waals surface area contributed by atoms with Gasteiger partial charge in [0.25, 0.3) is 0 Å². The van der Waals surface area contributed by atoms with Crippen LogP contribution in [0.5, 0.6) is 0 Å². The summed E-state index contributed by atoms with van der Waals surface area (Å²) in [5.41, 5.74) is 2.15. The van der Waals surface area contributed by atoms with Crippen LogP contribution in [0.15, 0.2) is 18.2 Å².